The summed E-state index contributed by atoms with van der Waals surface area (Å²) in [5.41, 5.74) is 12.6. The van der Waals surface area contributed by atoms with E-state index in [9.17, 15) is 4.79 Å². The number of benzene rings is 2. The number of nitriles is 1. The number of amides is 1. The highest BCUT2D eigenvalue weighted by Gasteiger charge is 2.06. The van der Waals surface area contributed by atoms with Crippen LogP contribution in [0.2, 0.25) is 0 Å². The lowest BCUT2D eigenvalue weighted by molar-refractivity contribution is 0.100. The number of nitrogens with zero attached hydrogens (tertiary/aromatic N) is 1. The van der Waals surface area contributed by atoms with Crippen molar-refractivity contribution in [1.29, 1.82) is 5.26 Å². The lowest BCUT2D eigenvalue weighted by Gasteiger charge is -2.09. The van der Waals surface area contributed by atoms with Gasteiger partial charge in [0.25, 0.3) is 0 Å². The fraction of sp³-hybridized carbons (Fsp3) is 0.0667. The number of hydrogen-bond acceptors (Lipinski definition) is 4. The van der Waals surface area contributed by atoms with E-state index in [1.807, 2.05) is 12.1 Å². The first-order valence-electron chi connectivity index (χ1n) is 5.93. The van der Waals surface area contributed by atoms with Crippen molar-refractivity contribution >= 4 is 11.6 Å². The summed E-state index contributed by atoms with van der Waals surface area (Å²) in [6, 6.07) is 13.8. The summed E-state index contributed by atoms with van der Waals surface area (Å²) in [7, 11) is 0. The Morgan fingerprint density at radius 2 is 1.90 bits per heavy atom. The third kappa shape index (κ3) is 3.06. The van der Waals surface area contributed by atoms with E-state index in [0.29, 0.717) is 29.2 Å². The van der Waals surface area contributed by atoms with Crippen LogP contribution in [0.3, 0.4) is 0 Å². The van der Waals surface area contributed by atoms with Gasteiger partial charge < -0.3 is 16.2 Å². The predicted octanol–water partition coefficient (Wildman–Crippen LogP) is 2.23. The van der Waals surface area contributed by atoms with Gasteiger partial charge in [-0.3, -0.25) is 4.79 Å². The van der Waals surface area contributed by atoms with Crippen molar-refractivity contribution in [1.82, 2.24) is 0 Å². The quantitative estimate of drug-likeness (QED) is 0.829. The van der Waals surface area contributed by atoms with Gasteiger partial charge in [0.2, 0.25) is 5.91 Å². The van der Waals surface area contributed by atoms with E-state index in [2.05, 4.69) is 6.07 Å². The van der Waals surface area contributed by atoms with Crippen LogP contribution in [0.4, 0.5) is 5.69 Å². The van der Waals surface area contributed by atoms with Crippen LogP contribution in [0.1, 0.15) is 15.9 Å². The van der Waals surface area contributed by atoms with E-state index in [1.165, 1.54) is 6.07 Å². The molecule has 0 radical (unpaired) electrons. The van der Waals surface area contributed by atoms with E-state index in [0.717, 1.165) is 5.56 Å². The standard InChI is InChI=1S/C15H13N3O2/c16-8-7-10-1-4-12(5-2-10)20-14-6-3-11(15(18)19)9-13(14)17/h1-6,9H,7,17H2,(H2,18,19). The summed E-state index contributed by atoms with van der Waals surface area (Å²) < 4.78 is 5.62. The number of ether oxygens (including phenoxy) is 1. The second-order valence-corrected chi connectivity index (χ2v) is 4.20. The molecule has 100 valence electrons. The van der Waals surface area contributed by atoms with Crippen molar-refractivity contribution in [2.24, 2.45) is 5.73 Å². The monoisotopic (exact) mass is 267 g/mol. The Labute approximate surface area is 116 Å². The molecule has 5 nitrogen and oxygen atoms in total. The van der Waals surface area contributed by atoms with Crippen LogP contribution in [-0.4, -0.2) is 5.91 Å². The molecule has 0 aliphatic carbocycles. The molecule has 0 saturated carbocycles. The van der Waals surface area contributed by atoms with E-state index < -0.39 is 5.91 Å². The third-order valence-electron chi connectivity index (χ3n) is 2.73. The summed E-state index contributed by atoms with van der Waals surface area (Å²) >= 11 is 0. The zero-order valence-corrected chi connectivity index (χ0v) is 10.7. The van der Waals surface area contributed by atoms with E-state index in [4.69, 9.17) is 21.5 Å². The number of nitrogens with two attached hydrogens (primary N) is 2. The summed E-state index contributed by atoms with van der Waals surface area (Å²) in [5.74, 6) is 0.511. The summed E-state index contributed by atoms with van der Waals surface area (Å²) in [6.45, 7) is 0. The number of anilines is 1. The molecule has 2 aromatic rings. The maximum Gasteiger partial charge on any atom is 0.248 e. The number of carbonyl (C=O) groups is 1. The molecule has 0 aliphatic rings. The van der Waals surface area contributed by atoms with E-state index >= 15 is 0 Å². The van der Waals surface area contributed by atoms with Gasteiger partial charge in [0.05, 0.1) is 18.2 Å². The van der Waals surface area contributed by atoms with Crippen LogP contribution in [0, 0.1) is 11.3 Å². The minimum absolute atomic E-state index is 0.333. The van der Waals surface area contributed by atoms with Crippen LogP contribution in [-0.2, 0) is 6.42 Å². The third-order valence-corrected chi connectivity index (χ3v) is 2.73. The number of hydrogen-bond donors (Lipinski definition) is 2. The molecular weight excluding hydrogens is 254 g/mol. The van der Waals surface area contributed by atoms with Gasteiger partial charge in [-0.15, -0.1) is 0 Å². The first-order chi connectivity index (χ1) is 9.60. The van der Waals surface area contributed by atoms with Crippen molar-refractivity contribution in [2.45, 2.75) is 6.42 Å². The molecule has 0 aromatic heterocycles. The van der Waals surface area contributed by atoms with Crippen LogP contribution >= 0.6 is 0 Å². The Morgan fingerprint density at radius 3 is 2.45 bits per heavy atom. The van der Waals surface area contributed by atoms with Crippen LogP contribution in [0.25, 0.3) is 0 Å². The van der Waals surface area contributed by atoms with Gasteiger partial charge in [-0.1, -0.05) is 12.1 Å². The van der Waals surface area contributed by atoms with Crippen molar-refractivity contribution in [3.63, 3.8) is 0 Å². The maximum atomic E-state index is 11.0. The summed E-state index contributed by atoms with van der Waals surface area (Å²) in [5, 5.41) is 8.60. The average molecular weight is 267 g/mol. The molecule has 0 fully saturated rings. The Kier molecular flexibility index (Phi) is 3.87. The fourth-order valence-electron chi connectivity index (χ4n) is 1.69. The minimum Gasteiger partial charge on any atom is -0.455 e. The van der Waals surface area contributed by atoms with Crippen LogP contribution in [0.5, 0.6) is 11.5 Å². The molecule has 0 unspecified atom stereocenters. The molecule has 0 bridgehead atoms. The van der Waals surface area contributed by atoms with E-state index in [1.54, 1.807) is 24.3 Å². The average Bonchev–Trinajstić information content (AvgIpc) is 2.43. The predicted molar refractivity (Wildman–Crippen MR) is 75.2 cm³/mol. The normalized spacial score (nSPS) is 9.75. The molecular formula is C15H13N3O2. The smallest absolute Gasteiger partial charge is 0.248 e. The highest BCUT2D eigenvalue weighted by Crippen LogP contribution is 2.28. The zero-order chi connectivity index (χ0) is 14.5. The van der Waals surface area contributed by atoms with Crippen molar-refractivity contribution in [2.75, 3.05) is 5.73 Å². The molecule has 0 aliphatic heterocycles. The topological polar surface area (TPSA) is 102 Å². The number of carbonyl (C=O) groups excluding carboxylic acids is 1. The molecule has 0 atom stereocenters. The number of rotatable bonds is 4. The second kappa shape index (κ2) is 5.76. The van der Waals surface area contributed by atoms with Gasteiger partial charge in [0, 0.05) is 5.56 Å². The lowest BCUT2D eigenvalue weighted by atomic mass is 10.1. The van der Waals surface area contributed by atoms with Crippen molar-refractivity contribution < 1.29 is 9.53 Å². The maximum absolute atomic E-state index is 11.0. The first-order valence-corrected chi connectivity index (χ1v) is 5.93. The molecule has 2 rings (SSSR count). The molecule has 4 N–H and O–H groups in total. The molecule has 1 amide bonds. The van der Waals surface area contributed by atoms with Gasteiger partial charge in [-0.25, -0.2) is 0 Å². The lowest BCUT2D eigenvalue weighted by Crippen LogP contribution is -2.11. The molecule has 5 heteroatoms. The largest absolute Gasteiger partial charge is 0.455 e. The van der Waals surface area contributed by atoms with Gasteiger partial charge in [-0.2, -0.15) is 5.26 Å². The first kappa shape index (κ1) is 13.4. The van der Waals surface area contributed by atoms with Gasteiger partial charge >= 0.3 is 0 Å². The molecule has 0 saturated heterocycles. The molecule has 0 heterocycles. The highest BCUT2D eigenvalue weighted by molar-refractivity contribution is 5.94. The van der Waals surface area contributed by atoms with E-state index in [-0.39, 0.29) is 0 Å². The fourth-order valence-corrected chi connectivity index (χ4v) is 1.69. The zero-order valence-electron chi connectivity index (χ0n) is 10.7. The van der Waals surface area contributed by atoms with Gasteiger partial charge in [-0.05, 0) is 35.9 Å². The number of primary amides is 1. The Hall–Kier alpha value is -3.00. The molecule has 20 heavy (non-hydrogen) atoms. The van der Waals surface area contributed by atoms with Crippen molar-refractivity contribution in [3.05, 3.63) is 53.6 Å². The number of nitrogen functional groups attached to an aromatic ring is 1. The Balaban J connectivity index is 2.17. The van der Waals surface area contributed by atoms with Crippen LogP contribution < -0.4 is 16.2 Å². The highest BCUT2D eigenvalue weighted by atomic mass is 16.5. The SMILES string of the molecule is N#CCc1ccc(Oc2ccc(C(N)=O)cc2N)cc1. The van der Waals surface area contributed by atoms with Crippen LogP contribution in [0.15, 0.2) is 42.5 Å². The Bertz CT molecular complexity index is 673. The minimum atomic E-state index is -0.538. The molecule has 0 spiro atoms. The van der Waals surface area contributed by atoms with Gasteiger partial charge in [0.15, 0.2) is 0 Å². The molecule has 2 aromatic carbocycles. The summed E-state index contributed by atoms with van der Waals surface area (Å²) in [4.78, 5) is 11.0. The van der Waals surface area contributed by atoms with Gasteiger partial charge in [0.1, 0.15) is 11.5 Å². The summed E-state index contributed by atoms with van der Waals surface area (Å²) in [6.07, 6.45) is 0.357. The Morgan fingerprint density at radius 1 is 1.20 bits per heavy atom. The second-order valence-electron chi connectivity index (χ2n) is 4.20. The van der Waals surface area contributed by atoms with Crippen molar-refractivity contribution in [3.8, 4) is 17.6 Å².